The van der Waals surface area contributed by atoms with Crippen LogP contribution in [0, 0.1) is 0 Å². The minimum absolute atomic E-state index is 0.0710. The standard InChI is InChI=1S/C15H23NO2S/c1-12(18-13-8-6-5-7-9-13)14(17)16-10-11-19-15(2,3)4/h5-9,12H,10-11H2,1-4H3,(H,16,17)/t12-/m0/s1. The zero-order valence-electron chi connectivity index (χ0n) is 12.1. The summed E-state index contributed by atoms with van der Waals surface area (Å²) in [6, 6.07) is 9.39. The van der Waals surface area contributed by atoms with Crippen LogP contribution >= 0.6 is 11.8 Å². The summed E-state index contributed by atoms with van der Waals surface area (Å²) in [4.78, 5) is 11.8. The van der Waals surface area contributed by atoms with Gasteiger partial charge in [0.2, 0.25) is 0 Å². The van der Waals surface area contributed by atoms with E-state index in [0.717, 1.165) is 5.75 Å². The quantitative estimate of drug-likeness (QED) is 0.814. The molecule has 1 amide bonds. The first kappa shape index (κ1) is 15.9. The van der Waals surface area contributed by atoms with E-state index in [2.05, 4.69) is 26.1 Å². The third-order valence-corrected chi connectivity index (χ3v) is 3.64. The van der Waals surface area contributed by atoms with Gasteiger partial charge in [0.15, 0.2) is 6.10 Å². The lowest BCUT2D eigenvalue weighted by Crippen LogP contribution is -2.37. The Morgan fingerprint density at radius 2 is 1.95 bits per heavy atom. The lowest BCUT2D eigenvalue weighted by atomic mass is 10.3. The van der Waals surface area contributed by atoms with Gasteiger partial charge < -0.3 is 10.1 Å². The third kappa shape index (κ3) is 7.11. The van der Waals surface area contributed by atoms with E-state index in [-0.39, 0.29) is 10.7 Å². The fraction of sp³-hybridized carbons (Fsp3) is 0.533. The highest BCUT2D eigenvalue weighted by atomic mass is 32.2. The molecule has 1 aromatic rings. The van der Waals surface area contributed by atoms with Gasteiger partial charge >= 0.3 is 0 Å². The Kier molecular flexibility index (Phi) is 6.22. The molecule has 1 rings (SSSR count). The molecule has 19 heavy (non-hydrogen) atoms. The van der Waals surface area contributed by atoms with Crippen LogP contribution in [0.1, 0.15) is 27.7 Å². The Morgan fingerprint density at radius 1 is 1.32 bits per heavy atom. The van der Waals surface area contributed by atoms with Gasteiger partial charge in [-0.05, 0) is 19.1 Å². The normalized spacial score (nSPS) is 12.8. The van der Waals surface area contributed by atoms with E-state index >= 15 is 0 Å². The Labute approximate surface area is 120 Å². The number of benzene rings is 1. The number of nitrogens with one attached hydrogen (secondary N) is 1. The summed E-state index contributed by atoms with van der Waals surface area (Å²) in [5.74, 6) is 1.56. The molecule has 3 nitrogen and oxygen atoms in total. The predicted molar refractivity (Wildman–Crippen MR) is 81.8 cm³/mol. The van der Waals surface area contributed by atoms with E-state index < -0.39 is 6.10 Å². The first-order valence-corrected chi connectivity index (χ1v) is 7.50. The smallest absolute Gasteiger partial charge is 0.260 e. The van der Waals surface area contributed by atoms with Crippen molar-refractivity contribution in [2.75, 3.05) is 12.3 Å². The van der Waals surface area contributed by atoms with Gasteiger partial charge in [0, 0.05) is 17.0 Å². The molecule has 0 radical (unpaired) electrons. The van der Waals surface area contributed by atoms with E-state index in [1.165, 1.54) is 0 Å². The van der Waals surface area contributed by atoms with Crippen LogP contribution in [0.4, 0.5) is 0 Å². The second-order valence-corrected chi connectivity index (χ2v) is 7.25. The van der Waals surface area contributed by atoms with Gasteiger partial charge in [-0.3, -0.25) is 4.79 Å². The van der Waals surface area contributed by atoms with Crippen molar-refractivity contribution in [1.82, 2.24) is 5.32 Å². The van der Waals surface area contributed by atoms with Crippen LogP contribution < -0.4 is 10.1 Å². The number of ether oxygens (including phenoxy) is 1. The summed E-state index contributed by atoms with van der Waals surface area (Å²) in [6.07, 6.45) is -0.470. The molecular formula is C15H23NO2S. The zero-order valence-corrected chi connectivity index (χ0v) is 12.9. The molecular weight excluding hydrogens is 258 g/mol. The molecule has 0 aromatic heterocycles. The summed E-state index contributed by atoms with van der Waals surface area (Å²) in [6.45, 7) is 8.93. The SMILES string of the molecule is C[C@H](Oc1ccccc1)C(=O)NCCSC(C)(C)C. The van der Waals surface area contributed by atoms with Crippen LogP contribution in [0.3, 0.4) is 0 Å². The maximum atomic E-state index is 11.8. The van der Waals surface area contributed by atoms with Crippen LogP contribution in [-0.2, 0) is 4.79 Å². The molecule has 106 valence electrons. The van der Waals surface area contributed by atoms with Crippen molar-refractivity contribution < 1.29 is 9.53 Å². The zero-order chi connectivity index (χ0) is 14.3. The summed E-state index contributed by atoms with van der Waals surface area (Å²) in [5, 5.41) is 2.89. The number of carbonyl (C=O) groups is 1. The number of hydrogen-bond acceptors (Lipinski definition) is 3. The number of carbonyl (C=O) groups excluding carboxylic acids is 1. The molecule has 1 N–H and O–H groups in total. The molecule has 0 saturated heterocycles. The number of rotatable bonds is 6. The highest BCUT2D eigenvalue weighted by molar-refractivity contribution is 8.00. The van der Waals surface area contributed by atoms with E-state index in [0.29, 0.717) is 12.3 Å². The number of amides is 1. The highest BCUT2D eigenvalue weighted by Crippen LogP contribution is 2.22. The Balaban J connectivity index is 2.26. The van der Waals surface area contributed by atoms with Gasteiger partial charge in [-0.2, -0.15) is 11.8 Å². The van der Waals surface area contributed by atoms with Crippen LogP contribution in [0.15, 0.2) is 30.3 Å². The maximum Gasteiger partial charge on any atom is 0.260 e. The topological polar surface area (TPSA) is 38.3 Å². The molecule has 4 heteroatoms. The lowest BCUT2D eigenvalue weighted by Gasteiger charge is -2.18. The van der Waals surface area contributed by atoms with Crippen molar-refractivity contribution >= 4 is 17.7 Å². The number of thioether (sulfide) groups is 1. The molecule has 0 aliphatic carbocycles. The monoisotopic (exact) mass is 281 g/mol. The summed E-state index contributed by atoms with van der Waals surface area (Å²) in [5.41, 5.74) is 0. The molecule has 1 atom stereocenters. The van der Waals surface area contributed by atoms with Gasteiger partial charge in [-0.25, -0.2) is 0 Å². The van der Waals surface area contributed by atoms with Crippen molar-refractivity contribution in [3.63, 3.8) is 0 Å². The second kappa shape index (κ2) is 7.43. The maximum absolute atomic E-state index is 11.8. The Bertz CT molecular complexity index is 387. The van der Waals surface area contributed by atoms with Crippen molar-refractivity contribution in [1.29, 1.82) is 0 Å². The van der Waals surface area contributed by atoms with E-state index in [1.807, 2.05) is 42.1 Å². The van der Waals surface area contributed by atoms with Crippen LogP contribution in [-0.4, -0.2) is 29.1 Å². The summed E-state index contributed by atoms with van der Waals surface area (Å²) in [7, 11) is 0. The molecule has 0 unspecified atom stereocenters. The van der Waals surface area contributed by atoms with Gasteiger partial charge in [0.25, 0.3) is 5.91 Å². The Hall–Kier alpha value is -1.16. The predicted octanol–water partition coefficient (Wildman–Crippen LogP) is 3.10. The van der Waals surface area contributed by atoms with Gasteiger partial charge in [0.05, 0.1) is 0 Å². The minimum atomic E-state index is -0.470. The molecule has 0 heterocycles. The average Bonchev–Trinajstić information content (AvgIpc) is 2.34. The van der Waals surface area contributed by atoms with Gasteiger partial charge in [0.1, 0.15) is 5.75 Å². The molecule has 1 aromatic carbocycles. The third-order valence-electron chi connectivity index (χ3n) is 2.36. The van der Waals surface area contributed by atoms with E-state index in [1.54, 1.807) is 6.92 Å². The van der Waals surface area contributed by atoms with Crippen molar-refractivity contribution in [3.8, 4) is 5.75 Å². The van der Waals surface area contributed by atoms with Crippen LogP contribution in [0.5, 0.6) is 5.75 Å². The van der Waals surface area contributed by atoms with Crippen LogP contribution in [0.2, 0.25) is 0 Å². The number of hydrogen-bond donors (Lipinski definition) is 1. The molecule has 0 saturated carbocycles. The van der Waals surface area contributed by atoms with Crippen molar-refractivity contribution in [2.45, 2.75) is 38.5 Å². The molecule has 0 bridgehead atoms. The van der Waals surface area contributed by atoms with Crippen LogP contribution in [0.25, 0.3) is 0 Å². The first-order valence-electron chi connectivity index (χ1n) is 6.52. The van der Waals surface area contributed by atoms with Gasteiger partial charge in [-0.1, -0.05) is 39.0 Å². The van der Waals surface area contributed by atoms with Gasteiger partial charge in [-0.15, -0.1) is 0 Å². The molecule has 0 spiro atoms. The van der Waals surface area contributed by atoms with E-state index in [9.17, 15) is 4.79 Å². The fourth-order valence-electron chi connectivity index (χ4n) is 1.43. The minimum Gasteiger partial charge on any atom is -0.481 e. The lowest BCUT2D eigenvalue weighted by molar-refractivity contribution is -0.127. The van der Waals surface area contributed by atoms with Crippen molar-refractivity contribution in [3.05, 3.63) is 30.3 Å². The average molecular weight is 281 g/mol. The second-order valence-electron chi connectivity index (χ2n) is 5.32. The molecule has 0 fully saturated rings. The highest BCUT2D eigenvalue weighted by Gasteiger charge is 2.15. The first-order chi connectivity index (χ1) is 8.88. The summed E-state index contributed by atoms with van der Waals surface area (Å²) < 4.78 is 5.79. The van der Waals surface area contributed by atoms with Crippen molar-refractivity contribution in [2.24, 2.45) is 0 Å². The largest absolute Gasteiger partial charge is 0.481 e. The fourth-order valence-corrected chi connectivity index (χ4v) is 2.25. The Morgan fingerprint density at radius 3 is 2.53 bits per heavy atom. The molecule has 0 aliphatic rings. The van der Waals surface area contributed by atoms with E-state index in [4.69, 9.17) is 4.74 Å². The number of para-hydroxylation sites is 1. The summed E-state index contributed by atoms with van der Waals surface area (Å²) >= 11 is 1.84. The molecule has 0 aliphatic heterocycles.